The number of hydrogen-bond donors (Lipinski definition) is 1. The van der Waals surface area contributed by atoms with Crippen LogP contribution in [0.2, 0.25) is 0 Å². The third-order valence-electron chi connectivity index (χ3n) is 6.53. The van der Waals surface area contributed by atoms with Gasteiger partial charge in [-0.15, -0.1) is 5.10 Å². The summed E-state index contributed by atoms with van der Waals surface area (Å²) in [6, 6.07) is 10.3. The predicted octanol–water partition coefficient (Wildman–Crippen LogP) is 2.48. The molecule has 3 aromatic heterocycles. The van der Waals surface area contributed by atoms with Crippen molar-refractivity contribution in [3.63, 3.8) is 0 Å². The molecule has 176 valence electrons. The Morgan fingerprint density at radius 1 is 1.09 bits per heavy atom. The standard InChI is InChI=1S/C23H25FN8O2/c24-16-3-1-4-18(11-16)34-14-15-6-7-17-13-31(9-8-30(17)12-15)22-27-21(25)32-23(28-22)26-20(29-32)19-5-2-10-33-19/h1-5,10-11,15,17H,6-9,12-14H2,(H2,25,26,27,28,29). The number of nitrogen functional groups attached to an aromatic ring is 1. The Hall–Kier alpha value is -3.73. The fraction of sp³-hybridized carbons (Fsp3) is 0.391. The molecule has 5 heterocycles. The number of furan rings is 1. The molecule has 2 fully saturated rings. The van der Waals surface area contributed by atoms with Crippen molar-refractivity contribution >= 4 is 17.7 Å². The maximum Gasteiger partial charge on any atom is 0.259 e. The molecule has 34 heavy (non-hydrogen) atoms. The lowest BCUT2D eigenvalue weighted by molar-refractivity contribution is 0.0725. The number of fused-ring (bicyclic) bond motifs is 2. The van der Waals surface area contributed by atoms with E-state index in [0.717, 1.165) is 39.0 Å². The van der Waals surface area contributed by atoms with Crippen molar-refractivity contribution in [2.45, 2.75) is 18.9 Å². The number of aromatic nitrogens is 5. The van der Waals surface area contributed by atoms with E-state index < -0.39 is 0 Å². The largest absolute Gasteiger partial charge is 0.493 e. The van der Waals surface area contributed by atoms with Crippen LogP contribution in [-0.2, 0) is 0 Å². The third kappa shape index (κ3) is 4.03. The van der Waals surface area contributed by atoms with Gasteiger partial charge in [0, 0.05) is 44.2 Å². The average Bonchev–Trinajstić information content (AvgIpc) is 3.53. The van der Waals surface area contributed by atoms with E-state index in [0.29, 0.717) is 47.6 Å². The minimum absolute atomic E-state index is 0.242. The molecule has 4 aromatic rings. The molecule has 0 saturated carbocycles. The van der Waals surface area contributed by atoms with E-state index in [9.17, 15) is 4.39 Å². The Balaban J connectivity index is 1.11. The average molecular weight is 465 g/mol. The number of halogens is 1. The second kappa shape index (κ2) is 8.56. The summed E-state index contributed by atoms with van der Waals surface area (Å²) in [6.45, 7) is 4.08. The van der Waals surface area contributed by atoms with Gasteiger partial charge in [0.15, 0.2) is 5.76 Å². The van der Waals surface area contributed by atoms with Gasteiger partial charge in [-0.3, -0.25) is 4.90 Å². The molecule has 2 N–H and O–H groups in total. The van der Waals surface area contributed by atoms with Crippen molar-refractivity contribution in [2.24, 2.45) is 5.92 Å². The minimum atomic E-state index is -0.276. The second-order valence-corrected chi connectivity index (χ2v) is 8.81. The maximum absolute atomic E-state index is 13.4. The van der Waals surface area contributed by atoms with Gasteiger partial charge in [0.05, 0.1) is 12.9 Å². The summed E-state index contributed by atoms with van der Waals surface area (Å²) in [4.78, 5) is 18.3. The highest BCUT2D eigenvalue weighted by Gasteiger charge is 2.34. The highest BCUT2D eigenvalue weighted by atomic mass is 19.1. The first kappa shape index (κ1) is 20.8. The number of hydrogen-bond acceptors (Lipinski definition) is 9. The first-order valence-corrected chi connectivity index (χ1v) is 11.4. The van der Waals surface area contributed by atoms with Crippen LogP contribution in [0.4, 0.5) is 16.3 Å². The number of benzene rings is 1. The van der Waals surface area contributed by atoms with Gasteiger partial charge in [0.1, 0.15) is 11.6 Å². The van der Waals surface area contributed by atoms with Crippen LogP contribution in [0.5, 0.6) is 5.75 Å². The number of anilines is 2. The molecule has 11 heteroatoms. The Morgan fingerprint density at radius 2 is 2.03 bits per heavy atom. The fourth-order valence-corrected chi connectivity index (χ4v) is 4.79. The molecule has 2 unspecified atom stereocenters. The molecule has 1 aromatic carbocycles. The number of nitrogens with two attached hydrogens (primary N) is 1. The summed E-state index contributed by atoms with van der Waals surface area (Å²) in [5.41, 5.74) is 6.18. The van der Waals surface area contributed by atoms with Crippen molar-refractivity contribution in [3.05, 3.63) is 48.5 Å². The van der Waals surface area contributed by atoms with Gasteiger partial charge in [0.25, 0.3) is 5.78 Å². The first-order valence-electron chi connectivity index (χ1n) is 11.4. The van der Waals surface area contributed by atoms with Crippen molar-refractivity contribution in [3.8, 4) is 17.3 Å². The van der Waals surface area contributed by atoms with Crippen LogP contribution in [0.15, 0.2) is 47.1 Å². The number of ether oxygens (including phenoxy) is 1. The first-order chi connectivity index (χ1) is 16.6. The molecule has 10 nitrogen and oxygen atoms in total. The highest BCUT2D eigenvalue weighted by molar-refractivity contribution is 5.53. The van der Waals surface area contributed by atoms with Gasteiger partial charge in [-0.1, -0.05) is 6.07 Å². The maximum atomic E-state index is 13.4. The lowest BCUT2D eigenvalue weighted by Crippen LogP contribution is -2.57. The number of rotatable bonds is 5. The summed E-state index contributed by atoms with van der Waals surface area (Å²) in [7, 11) is 0. The molecular formula is C23H25FN8O2. The van der Waals surface area contributed by atoms with Crippen LogP contribution < -0.4 is 15.4 Å². The van der Waals surface area contributed by atoms with E-state index >= 15 is 0 Å². The van der Waals surface area contributed by atoms with Crippen molar-refractivity contribution in [1.82, 2.24) is 29.5 Å². The van der Waals surface area contributed by atoms with Gasteiger partial charge in [0.2, 0.25) is 17.7 Å². The van der Waals surface area contributed by atoms with E-state index in [1.165, 1.54) is 16.6 Å². The zero-order valence-electron chi connectivity index (χ0n) is 18.5. The number of piperidine rings is 1. The fourth-order valence-electron chi connectivity index (χ4n) is 4.79. The van der Waals surface area contributed by atoms with Crippen LogP contribution in [0.25, 0.3) is 17.4 Å². The van der Waals surface area contributed by atoms with Crippen molar-refractivity contribution < 1.29 is 13.5 Å². The lowest BCUT2D eigenvalue weighted by Gasteiger charge is -2.46. The van der Waals surface area contributed by atoms with Crippen molar-refractivity contribution in [1.29, 1.82) is 0 Å². The molecule has 0 radical (unpaired) electrons. The molecule has 6 rings (SSSR count). The third-order valence-corrected chi connectivity index (χ3v) is 6.53. The van der Waals surface area contributed by atoms with Gasteiger partial charge in [-0.2, -0.15) is 19.5 Å². The highest BCUT2D eigenvalue weighted by Crippen LogP contribution is 2.28. The van der Waals surface area contributed by atoms with E-state index in [1.807, 2.05) is 0 Å². The summed E-state index contributed by atoms with van der Waals surface area (Å²) in [5.74, 6) is 2.91. The van der Waals surface area contributed by atoms with Crippen molar-refractivity contribution in [2.75, 3.05) is 43.4 Å². The molecular weight excluding hydrogens is 439 g/mol. The summed E-state index contributed by atoms with van der Waals surface area (Å²) in [6.07, 6.45) is 3.69. The van der Waals surface area contributed by atoms with Gasteiger partial charge < -0.3 is 19.8 Å². The molecule has 0 aliphatic carbocycles. The second-order valence-electron chi connectivity index (χ2n) is 8.81. The van der Waals surface area contributed by atoms with Crippen LogP contribution in [0, 0.1) is 11.7 Å². The van der Waals surface area contributed by atoms with Crippen LogP contribution in [0.1, 0.15) is 12.8 Å². The number of piperazine rings is 1. The van der Waals surface area contributed by atoms with E-state index in [4.69, 9.17) is 14.9 Å². The van der Waals surface area contributed by atoms with E-state index in [2.05, 4.69) is 29.9 Å². The molecule has 2 aliphatic rings. The topological polar surface area (TPSA) is 111 Å². The van der Waals surface area contributed by atoms with E-state index in [1.54, 1.807) is 30.5 Å². The minimum Gasteiger partial charge on any atom is -0.493 e. The molecule has 0 amide bonds. The van der Waals surface area contributed by atoms with Gasteiger partial charge in [-0.05, 0) is 37.1 Å². The zero-order valence-corrected chi connectivity index (χ0v) is 18.5. The Kier molecular flexibility index (Phi) is 5.25. The summed E-state index contributed by atoms with van der Waals surface area (Å²) >= 11 is 0. The van der Waals surface area contributed by atoms with Crippen LogP contribution in [0.3, 0.4) is 0 Å². The normalized spacial score (nSPS) is 21.0. The monoisotopic (exact) mass is 464 g/mol. The van der Waals surface area contributed by atoms with E-state index in [-0.39, 0.29) is 11.8 Å². The summed E-state index contributed by atoms with van der Waals surface area (Å²) in [5, 5.41) is 4.36. The zero-order chi connectivity index (χ0) is 23.1. The molecule has 2 saturated heterocycles. The van der Waals surface area contributed by atoms with Crippen LogP contribution >= 0.6 is 0 Å². The Labute approximate surface area is 195 Å². The molecule has 2 aliphatic heterocycles. The van der Waals surface area contributed by atoms with Gasteiger partial charge >= 0.3 is 0 Å². The SMILES string of the molecule is Nc1nc(N2CCN3CC(COc4cccc(F)c4)CCC3C2)nc2nc(-c3ccco3)nn12. The number of nitrogens with zero attached hydrogens (tertiary/aromatic N) is 7. The molecule has 0 spiro atoms. The quantitative estimate of drug-likeness (QED) is 0.476. The molecule has 2 atom stereocenters. The van der Waals surface area contributed by atoms with Gasteiger partial charge in [-0.25, -0.2) is 4.39 Å². The smallest absolute Gasteiger partial charge is 0.259 e. The summed E-state index contributed by atoms with van der Waals surface area (Å²) < 4.78 is 26.0. The lowest BCUT2D eigenvalue weighted by atomic mass is 9.91. The molecule has 0 bridgehead atoms. The Bertz CT molecular complexity index is 1290. The Morgan fingerprint density at radius 3 is 2.88 bits per heavy atom. The predicted molar refractivity (Wildman–Crippen MR) is 123 cm³/mol. The van der Waals surface area contributed by atoms with Crippen LogP contribution in [-0.4, -0.2) is 68.3 Å².